The van der Waals surface area contributed by atoms with E-state index >= 15 is 0 Å². The highest BCUT2D eigenvalue weighted by Crippen LogP contribution is 3.10. The molecule has 0 N–H and O–H groups in total. The Balaban J connectivity index is 1.50. The molecule has 6 fully saturated rings. The number of carbonyl (C=O) groups excluding carboxylic acids is 1. The lowest BCUT2D eigenvalue weighted by atomic mass is 8.92. The Morgan fingerprint density at radius 2 is 1.88 bits per heavy atom. The molecule has 0 spiro atoms. The maximum Gasteiger partial charge on any atom is 0.312 e. The summed E-state index contributed by atoms with van der Waals surface area (Å²) in [7, 11) is 1.50. The van der Waals surface area contributed by atoms with Gasteiger partial charge in [-0.25, -0.2) is 0 Å². The first kappa shape index (κ1) is 7.96. The van der Waals surface area contributed by atoms with Crippen molar-refractivity contribution in [2.24, 2.45) is 51.5 Å². The van der Waals surface area contributed by atoms with Gasteiger partial charge in [0.2, 0.25) is 0 Å². The Kier molecular flexibility index (Phi) is 0.874. The van der Waals surface area contributed by atoms with Gasteiger partial charge in [0.05, 0.1) is 12.5 Å². The maximum atomic E-state index is 11.8. The van der Waals surface area contributed by atoms with Gasteiger partial charge in [-0.05, 0) is 46.5 Å². The Morgan fingerprint density at radius 1 is 1.31 bits per heavy atom. The quantitative estimate of drug-likeness (QED) is 0.308. The second-order valence-corrected chi connectivity index (χ2v) is 6.08. The van der Waals surface area contributed by atoms with E-state index in [1.165, 1.54) is 7.11 Å². The van der Waals surface area contributed by atoms with E-state index in [0.717, 1.165) is 0 Å². The first-order valence-corrected chi connectivity index (χ1v) is 5.87. The second-order valence-electron chi connectivity index (χ2n) is 6.08. The molecule has 0 saturated heterocycles. The summed E-state index contributed by atoms with van der Waals surface area (Å²) in [6.07, 6.45) is 0. The van der Waals surface area contributed by atoms with Crippen molar-refractivity contribution in [1.29, 1.82) is 0 Å². The highest BCUT2D eigenvalue weighted by atomic mass is 16.5. The standard InChI is InChI=1S/C11H11N3O2/c1-16-9(15)11-6-3-7(11)5-8(11)4(6)10(3,5)2-13-14-12/h3-8H,2H2,1H3. The number of esters is 1. The summed E-state index contributed by atoms with van der Waals surface area (Å²) in [5.74, 6) is 3.89. The molecule has 6 saturated carbocycles. The monoisotopic (exact) mass is 217 g/mol. The van der Waals surface area contributed by atoms with Crippen LogP contribution in [0.4, 0.5) is 0 Å². The predicted molar refractivity (Wildman–Crippen MR) is 51.8 cm³/mol. The number of methoxy groups -OCH3 is 1. The van der Waals surface area contributed by atoms with Gasteiger partial charge in [-0.15, -0.1) is 0 Å². The minimum absolute atomic E-state index is 0.0355. The second kappa shape index (κ2) is 1.76. The minimum atomic E-state index is -0.0488. The van der Waals surface area contributed by atoms with Gasteiger partial charge in [0.25, 0.3) is 0 Å². The van der Waals surface area contributed by atoms with E-state index in [-0.39, 0.29) is 11.4 Å². The molecule has 6 aliphatic rings. The largest absolute Gasteiger partial charge is 0.469 e. The van der Waals surface area contributed by atoms with E-state index < -0.39 is 0 Å². The average molecular weight is 217 g/mol. The van der Waals surface area contributed by atoms with Crippen LogP contribution in [0.1, 0.15) is 0 Å². The van der Waals surface area contributed by atoms with Crippen molar-refractivity contribution in [3.8, 4) is 0 Å². The van der Waals surface area contributed by atoms with Gasteiger partial charge < -0.3 is 4.74 Å². The van der Waals surface area contributed by atoms with Crippen molar-refractivity contribution in [1.82, 2.24) is 0 Å². The zero-order valence-electron chi connectivity index (χ0n) is 8.83. The van der Waals surface area contributed by atoms with Crippen LogP contribution in [0.25, 0.3) is 10.4 Å². The van der Waals surface area contributed by atoms with Crippen LogP contribution >= 0.6 is 0 Å². The van der Waals surface area contributed by atoms with E-state index in [2.05, 4.69) is 10.0 Å². The zero-order valence-corrected chi connectivity index (χ0v) is 8.83. The van der Waals surface area contributed by atoms with Crippen molar-refractivity contribution in [3.63, 3.8) is 0 Å². The Morgan fingerprint density at radius 3 is 2.31 bits per heavy atom. The van der Waals surface area contributed by atoms with Gasteiger partial charge in [0, 0.05) is 11.5 Å². The van der Waals surface area contributed by atoms with E-state index in [0.29, 0.717) is 47.5 Å². The summed E-state index contributed by atoms with van der Waals surface area (Å²) < 4.78 is 4.95. The van der Waals surface area contributed by atoms with E-state index in [4.69, 9.17) is 10.3 Å². The van der Waals surface area contributed by atoms with E-state index in [9.17, 15) is 4.79 Å². The Labute approximate surface area is 91.8 Å². The van der Waals surface area contributed by atoms with Crippen LogP contribution in [0, 0.1) is 46.3 Å². The number of hydrogen-bond acceptors (Lipinski definition) is 3. The number of azide groups is 1. The molecule has 0 heterocycles. The third-order valence-electron chi connectivity index (χ3n) is 6.78. The third kappa shape index (κ3) is 0.344. The molecule has 0 amide bonds. The molecule has 0 radical (unpaired) electrons. The molecule has 6 aliphatic carbocycles. The highest BCUT2D eigenvalue weighted by molar-refractivity contribution is 5.88. The van der Waals surface area contributed by atoms with Crippen LogP contribution in [0.3, 0.4) is 0 Å². The zero-order chi connectivity index (χ0) is 10.9. The topological polar surface area (TPSA) is 75.1 Å². The molecule has 6 rings (SSSR count). The molecule has 5 heteroatoms. The lowest BCUT2D eigenvalue weighted by Gasteiger charge is -3.10. The molecule has 16 heavy (non-hydrogen) atoms. The average Bonchev–Trinajstić information content (AvgIpc) is 2.35. The fourth-order valence-corrected chi connectivity index (χ4v) is 6.81. The summed E-state index contributed by atoms with van der Waals surface area (Å²) in [4.78, 5) is 14.7. The van der Waals surface area contributed by atoms with Crippen molar-refractivity contribution in [2.45, 2.75) is 0 Å². The van der Waals surface area contributed by atoms with Crippen molar-refractivity contribution in [2.75, 3.05) is 13.7 Å². The highest BCUT2D eigenvalue weighted by Gasteiger charge is 3.11. The SMILES string of the molecule is COC(=O)C12C3C4C1C1C2C3C41CN=[N+]=[N-]. The molecule has 0 bridgehead atoms. The summed E-state index contributed by atoms with van der Waals surface area (Å²) in [6, 6.07) is 0. The molecule has 0 unspecified atom stereocenters. The number of hydrogen-bond donors (Lipinski definition) is 0. The number of carbonyl (C=O) groups is 1. The molecular weight excluding hydrogens is 206 g/mol. The molecule has 0 aromatic rings. The normalized spacial score (nSPS) is 68.1. The van der Waals surface area contributed by atoms with Gasteiger partial charge in [-0.1, -0.05) is 5.11 Å². The van der Waals surface area contributed by atoms with E-state index in [1.807, 2.05) is 0 Å². The Bertz CT molecular complexity index is 454. The fraction of sp³-hybridized carbons (Fsp3) is 0.909. The summed E-state index contributed by atoms with van der Waals surface area (Å²) in [6.45, 7) is 0.671. The molecular formula is C11H11N3O2. The van der Waals surface area contributed by atoms with Crippen LogP contribution in [-0.2, 0) is 9.53 Å². The van der Waals surface area contributed by atoms with Crippen molar-refractivity contribution in [3.05, 3.63) is 10.4 Å². The summed E-state index contributed by atoms with van der Waals surface area (Å²) in [5.41, 5.74) is 8.71. The lowest BCUT2D eigenvalue weighted by molar-refractivity contribution is -0.640. The molecule has 0 aliphatic heterocycles. The third-order valence-corrected chi connectivity index (χ3v) is 6.78. The van der Waals surface area contributed by atoms with Crippen molar-refractivity contribution >= 4 is 5.97 Å². The summed E-state index contributed by atoms with van der Waals surface area (Å²) >= 11 is 0. The van der Waals surface area contributed by atoms with E-state index in [1.54, 1.807) is 0 Å². The van der Waals surface area contributed by atoms with Gasteiger partial charge in [0.15, 0.2) is 0 Å². The number of nitrogens with zero attached hydrogens (tertiary/aromatic N) is 3. The van der Waals surface area contributed by atoms with Crippen LogP contribution in [0.5, 0.6) is 0 Å². The fourth-order valence-electron chi connectivity index (χ4n) is 6.81. The van der Waals surface area contributed by atoms with Crippen molar-refractivity contribution < 1.29 is 9.53 Å². The number of rotatable bonds is 3. The van der Waals surface area contributed by atoms with Crippen LogP contribution < -0.4 is 0 Å². The first-order chi connectivity index (χ1) is 7.77. The lowest BCUT2D eigenvalue weighted by Crippen LogP contribution is -3.11. The van der Waals surface area contributed by atoms with Gasteiger partial charge in [-0.2, -0.15) is 0 Å². The predicted octanol–water partition coefficient (Wildman–Crippen LogP) is 1.21. The number of ether oxygens (including phenoxy) is 1. The van der Waals surface area contributed by atoms with Gasteiger partial charge in [-0.3, -0.25) is 4.79 Å². The maximum absolute atomic E-state index is 11.8. The molecule has 82 valence electrons. The van der Waals surface area contributed by atoms with Gasteiger partial charge >= 0.3 is 5.97 Å². The summed E-state index contributed by atoms with van der Waals surface area (Å²) in [5, 5.41) is 3.77. The van der Waals surface area contributed by atoms with Crippen LogP contribution in [-0.4, -0.2) is 19.6 Å². The smallest absolute Gasteiger partial charge is 0.312 e. The Hall–Kier alpha value is -1.22. The van der Waals surface area contributed by atoms with Crippen LogP contribution in [0.15, 0.2) is 5.11 Å². The van der Waals surface area contributed by atoms with Gasteiger partial charge in [0.1, 0.15) is 0 Å². The molecule has 0 atom stereocenters. The molecule has 0 aromatic heterocycles. The first-order valence-electron chi connectivity index (χ1n) is 5.87. The molecule has 0 aromatic carbocycles. The molecule has 5 nitrogen and oxygen atoms in total. The minimum Gasteiger partial charge on any atom is -0.469 e. The van der Waals surface area contributed by atoms with Crippen LogP contribution in [0.2, 0.25) is 0 Å².